The maximum absolute atomic E-state index is 12.3. The largest absolute Gasteiger partial charge is 0.481 e. The highest BCUT2D eigenvalue weighted by molar-refractivity contribution is 9.10. The lowest BCUT2D eigenvalue weighted by Crippen LogP contribution is -2.45. The van der Waals surface area contributed by atoms with Crippen molar-refractivity contribution in [2.45, 2.75) is 25.6 Å². The van der Waals surface area contributed by atoms with Crippen molar-refractivity contribution in [2.24, 2.45) is 0 Å². The molecule has 1 aromatic heterocycles. The van der Waals surface area contributed by atoms with E-state index >= 15 is 0 Å². The molecule has 0 saturated carbocycles. The number of anilines is 1. The standard InChI is InChI=1S/C17H19BrN4O3/c1-24-15-7-13(20-17(19)21-15)9-22-8-11-5-12(18)4-3-10(11)6-14(22)16(23)25-2/h3-5,7,14H,6,8-9H2,1-2H3,(H2,19,20,21). The summed E-state index contributed by atoms with van der Waals surface area (Å²) < 4.78 is 11.1. The summed E-state index contributed by atoms with van der Waals surface area (Å²) in [6.07, 6.45) is 0.590. The third-order valence-corrected chi connectivity index (χ3v) is 4.71. The van der Waals surface area contributed by atoms with Gasteiger partial charge in [-0.05, 0) is 29.7 Å². The van der Waals surface area contributed by atoms with E-state index in [1.807, 2.05) is 17.0 Å². The topological polar surface area (TPSA) is 90.6 Å². The van der Waals surface area contributed by atoms with Crippen LogP contribution in [0.25, 0.3) is 0 Å². The summed E-state index contributed by atoms with van der Waals surface area (Å²) in [4.78, 5) is 22.6. The van der Waals surface area contributed by atoms with Crippen molar-refractivity contribution in [1.82, 2.24) is 14.9 Å². The number of benzene rings is 1. The number of rotatable bonds is 4. The van der Waals surface area contributed by atoms with Gasteiger partial charge in [-0.15, -0.1) is 0 Å². The molecule has 0 radical (unpaired) electrons. The van der Waals surface area contributed by atoms with E-state index in [2.05, 4.69) is 32.0 Å². The van der Waals surface area contributed by atoms with E-state index in [1.54, 1.807) is 6.07 Å². The average molecular weight is 407 g/mol. The smallest absolute Gasteiger partial charge is 0.323 e. The zero-order chi connectivity index (χ0) is 18.0. The second-order valence-electron chi connectivity index (χ2n) is 5.82. The molecule has 1 aliphatic heterocycles. The molecule has 0 fully saturated rings. The number of ether oxygens (including phenoxy) is 2. The van der Waals surface area contributed by atoms with Crippen molar-refractivity contribution in [2.75, 3.05) is 20.0 Å². The van der Waals surface area contributed by atoms with Gasteiger partial charge in [0.25, 0.3) is 0 Å². The number of nitrogens with two attached hydrogens (primary N) is 1. The fourth-order valence-electron chi connectivity index (χ4n) is 3.03. The van der Waals surface area contributed by atoms with Crippen LogP contribution in [0.15, 0.2) is 28.7 Å². The Morgan fingerprint density at radius 3 is 2.84 bits per heavy atom. The molecule has 0 aliphatic carbocycles. The Morgan fingerprint density at radius 2 is 2.12 bits per heavy atom. The molecule has 2 N–H and O–H groups in total. The second-order valence-corrected chi connectivity index (χ2v) is 6.74. The molecule has 0 amide bonds. The summed E-state index contributed by atoms with van der Waals surface area (Å²) in [7, 11) is 2.93. The zero-order valence-corrected chi connectivity index (χ0v) is 15.6. The highest BCUT2D eigenvalue weighted by Crippen LogP contribution is 2.28. The van der Waals surface area contributed by atoms with Gasteiger partial charge in [0.1, 0.15) is 6.04 Å². The number of halogens is 1. The first-order valence-electron chi connectivity index (χ1n) is 7.76. The monoisotopic (exact) mass is 406 g/mol. The number of carbonyl (C=O) groups excluding carboxylic acids is 1. The minimum atomic E-state index is -0.374. The highest BCUT2D eigenvalue weighted by atomic mass is 79.9. The van der Waals surface area contributed by atoms with Crippen molar-refractivity contribution >= 4 is 27.8 Å². The van der Waals surface area contributed by atoms with Crippen LogP contribution in [0.3, 0.4) is 0 Å². The molecule has 25 heavy (non-hydrogen) atoms. The number of fused-ring (bicyclic) bond motifs is 1. The molecule has 2 aromatic rings. The van der Waals surface area contributed by atoms with Gasteiger partial charge in [-0.1, -0.05) is 22.0 Å². The lowest BCUT2D eigenvalue weighted by atomic mass is 9.94. The molecule has 1 unspecified atom stereocenters. The molecule has 0 saturated heterocycles. The predicted octanol–water partition coefficient (Wildman–Crippen LogP) is 1.93. The molecule has 1 aliphatic rings. The van der Waals surface area contributed by atoms with E-state index in [0.717, 1.165) is 10.0 Å². The lowest BCUT2D eigenvalue weighted by molar-refractivity contribution is -0.148. The number of nitrogens with zero attached hydrogens (tertiary/aromatic N) is 3. The minimum Gasteiger partial charge on any atom is -0.481 e. The van der Waals surface area contributed by atoms with Gasteiger partial charge in [0.15, 0.2) is 0 Å². The highest BCUT2D eigenvalue weighted by Gasteiger charge is 2.32. The summed E-state index contributed by atoms with van der Waals surface area (Å²) in [6.45, 7) is 1.05. The van der Waals surface area contributed by atoms with E-state index in [1.165, 1.54) is 19.8 Å². The predicted molar refractivity (Wildman–Crippen MR) is 95.9 cm³/mol. The molecule has 1 atom stereocenters. The van der Waals surface area contributed by atoms with Crippen LogP contribution < -0.4 is 10.5 Å². The molecule has 132 valence electrons. The van der Waals surface area contributed by atoms with Crippen molar-refractivity contribution in [3.05, 3.63) is 45.6 Å². The van der Waals surface area contributed by atoms with Crippen LogP contribution in [0, 0.1) is 0 Å². The Morgan fingerprint density at radius 1 is 1.32 bits per heavy atom. The van der Waals surface area contributed by atoms with Gasteiger partial charge in [0.05, 0.1) is 19.9 Å². The van der Waals surface area contributed by atoms with Crippen LogP contribution in [-0.2, 0) is 29.0 Å². The summed E-state index contributed by atoms with van der Waals surface area (Å²) in [5.74, 6) is 0.281. The lowest BCUT2D eigenvalue weighted by Gasteiger charge is -2.35. The van der Waals surface area contributed by atoms with Gasteiger partial charge in [0, 0.05) is 23.6 Å². The van der Waals surface area contributed by atoms with Crippen LogP contribution in [-0.4, -0.2) is 41.1 Å². The fourth-order valence-corrected chi connectivity index (χ4v) is 3.44. The Labute approximate surface area is 154 Å². The van der Waals surface area contributed by atoms with E-state index in [0.29, 0.717) is 31.1 Å². The molecule has 3 rings (SSSR count). The number of carbonyl (C=O) groups is 1. The summed E-state index contributed by atoms with van der Waals surface area (Å²) in [6, 6.07) is 7.45. The van der Waals surface area contributed by atoms with Crippen LogP contribution in [0.5, 0.6) is 5.88 Å². The van der Waals surface area contributed by atoms with Crippen LogP contribution in [0.4, 0.5) is 5.95 Å². The first-order chi connectivity index (χ1) is 12.0. The van der Waals surface area contributed by atoms with Gasteiger partial charge in [0.2, 0.25) is 11.8 Å². The Hall–Kier alpha value is -2.19. The number of hydrogen-bond acceptors (Lipinski definition) is 7. The number of nitrogen functional groups attached to an aromatic ring is 1. The van der Waals surface area contributed by atoms with Crippen molar-refractivity contribution in [1.29, 1.82) is 0 Å². The molecule has 2 heterocycles. The molecule has 1 aromatic carbocycles. The van der Waals surface area contributed by atoms with Crippen LogP contribution in [0.1, 0.15) is 16.8 Å². The van der Waals surface area contributed by atoms with Crippen molar-refractivity contribution < 1.29 is 14.3 Å². The molecule has 8 heteroatoms. The van der Waals surface area contributed by atoms with Gasteiger partial charge in [-0.3, -0.25) is 9.69 Å². The fraction of sp³-hybridized carbons (Fsp3) is 0.353. The number of methoxy groups -OCH3 is 2. The number of hydrogen-bond donors (Lipinski definition) is 1. The minimum absolute atomic E-state index is 0.143. The summed E-state index contributed by atoms with van der Waals surface area (Å²) >= 11 is 3.50. The molecular weight excluding hydrogens is 388 g/mol. The van der Waals surface area contributed by atoms with Gasteiger partial charge >= 0.3 is 5.97 Å². The van der Waals surface area contributed by atoms with E-state index in [9.17, 15) is 4.79 Å². The average Bonchev–Trinajstić information content (AvgIpc) is 2.59. The van der Waals surface area contributed by atoms with E-state index < -0.39 is 0 Å². The molecule has 0 bridgehead atoms. The molecular formula is C17H19BrN4O3. The Bertz CT molecular complexity index is 799. The first kappa shape index (κ1) is 17.6. The summed E-state index contributed by atoms with van der Waals surface area (Å²) in [5, 5.41) is 0. The number of aromatic nitrogens is 2. The van der Waals surface area contributed by atoms with E-state index in [4.69, 9.17) is 15.2 Å². The van der Waals surface area contributed by atoms with Crippen LogP contribution in [0.2, 0.25) is 0 Å². The van der Waals surface area contributed by atoms with Gasteiger partial charge in [-0.25, -0.2) is 4.98 Å². The number of esters is 1. The molecule has 0 spiro atoms. The Balaban J connectivity index is 1.91. The van der Waals surface area contributed by atoms with Crippen molar-refractivity contribution in [3.63, 3.8) is 0 Å². The zero-order valence-electron chi connectivity index (χ0n) is 14.0. The third-order valence-electron chi connectivity index (χ3n) is 4.22. The maximum Gasteiger partial charge on any atom is 0.323 e. The van der Waals surface area contributed by atoms with Gasteiger partial charge < -0.3 is 15.2 Å². The SMILES string of the molecule is COC(=O)C1Cc2ccc(Br)cc2CN1Cc1cc(OC)nc(N)n1. The quantitative estimate of drug-likeness (QED) is 0.775. The first-order valence-corrected chi connectivity index (χ1v) is 8.56. The maximum atomic E-state index is 12.3. The molecule has 7 nitrogen and oxygen atoms in total. The third kappa shape index (κ3) is 3.91. The van der Waals surface area contributed by atoms with Crippen LogP contribution >= 0.6 is 15.9 Å². The van der Waals surface area contributed by atoms with Crippen molar-refractivity contribution in [3.8, 4) is 5.88 Å². The second kappa shape index (κ2) is 7.37. The van der Waals surface area contributed by atoms with Gasteiger partial charge in [-0.2, -0.15) is 4.98 Å². The van der Waals surface area contributed by atoms with E-state index in [-0.39, 0.29) is 18.0 Å². The summed E-state index contributed by atoms with van der Waals surface area (Å²) in [5.41, 5.74) is 8.75. The normalized spacial score (nSPS) is 17.0. The Kier molecular flexibility index (Phi) is 5.19.